The number of hydrogen-bond acceptors (Lipinski definition) is 5. The molecule has 1 N–H and O–H groups in total. The molecule has 0 radical (unpaired) electrons. The Morgan fingerprint density at radius 3 is 2.52 bits per heavy atom. The zero-order chi connectivity index (χ0) is 24.3. The smallest absolute Gasteiger partial charge is 0.219 e. The van der Waals surface area contributed by atoms with E-state index in [1.807, 2.05) is 6.92 Å². The molecule has 1 aromatic heterocycles. The molecule has 0 spiro atoms. The molecular formula is C27H36O5S. The van der Waals surface area contributed by atoms with Crippen molar-refractivity contribution in [3.05, 3.63) is 51.8 Å². The number of furan rings is 1. The minimum atomic E-state index is -3.94. The number of carbonyl (C=O) groups excluding carboxylic acids is 1. The van der Waals surface area contributed by atoms with Gasteiger partial charge in [-0.1, -0.05) is 39.8 Å². The van der Waals surface area contributed by atoms with Gasteiger partial charge in [0.2, 0.25) is 14.9 Å². The third-order valence-electron chi connectivity index (χ3n) is 7.72. The highest BCUT2D eigenvalue weighted by molar-refractivity contribution is 7.92. The Morgan fingerprint density at radius 1 is 1.18 bits per heavy atom. The van der Waals surface area contributed by atoms with Gasteiger partial charge >= 0.3 is 0 Å². The van der Waals surface area contributed by atoms with E-state index < -0.39 is 21.2 Å². The Bertz CT molecular complexity index is 1180. The van der Waals surface area contributed by atoms with Gasteiger partial charge < -0.3 is 9.52 Å². The quantitative estimate of drug-likeness (QED) is 0.573. The van der Waals surface area contributed by atoms with E-state index in [0.29, 0.717) is 11.3 Å². The predicted molar refractivity (Wildman–Crippen MR) is 128 cm³/mol. The maximum absolute atomic E-state index is 13.2. The molecular weight excluding hydrogens is 436 g/mol. The van der Waals surface area contributed by atoms with Crippen molar-refractivity contribution in [1.29, 1.82) is 0 Å². The first kappa shape index (κ1) is 24.2. The second kappa shape index (κ2) is 8.38. The molecule has 0 saturated heterocycles. The van der Waals surface area contributed by atoms with Crippen molar-refractivity contribution in [3.63, 3.8) is 0 Å². The van der Waals surface area contributed by atoms with E-state index in [0.717, 1.165) is 41.5 Å². The third kappa shape index (κ3) is 4.21. The van der Waals surface area contributed by atoms with Crippen LogP contribution in [0.25, 0.3) is 0 Å². The van der Waals surface area contributed by atoms with Crippen molar-refractivity contribution in [1.82, 2.24) is 0 Å². The highest BCUT2D eigenvalue weighted by atomic mass is 32.2. The van der Waals surface area contributed by atoms with Crippen LogP contribution in [0.15, 0.2) is 27.7 Å². The van der Waals surface area contributed by atoms with Crippen molar-refractivity contribution in [2.75, 3.05) is 5.75 Å². The lowest BCUT2D eigenvalue weighted by Crippen LogP contribution is -2.33. The monoisotopic (exact) mass is 472 g/mol. The van der Waals surface area contributed by atoms with Crippen LogP contribution in [0.5, 0.6) is 0 Å². The second-order valence-corrected chi connectivity index (χ2v) is 12.8. The van der Waals surface area contributed by atoms with Crippen LogP contribution < -0.4 is 0 Å². The molecule has 180 valence electrons. The Balaban J connectivity index is 1.62. The van der Waals surface area contributed by atoms with Crippen LogP contribution in [-0.2, 0) is 26.7 Å². The van der Waals surface area contributed by atoms with Crippen LogP contribution in [0, 0.1) is 12.8 Å². The van der Waals surface area contributed by atoms with E-state index in [4.69, 9.17) is 4.42 Å². The summed E-state index contributed by atoms with van der Waals surface area (Å²) in [5.74, 6) is 0.386. The van der Waals surface area contributed by atoms with E-state index in [2.05, 4.69) is 39.8 Å². The number of carbonyl (C=O) groups is 1. The maximum Gasteiger partial charge on any atom is 0.219 e. The van der Waals surface area contributed by atoms with Gasteiger partial charge in [-0.15, -0.1) is 0 Å². The Morgan fingerprint density at radius 2 is 1.88 bits per heavy atom. The fourth-order valence-electron chi connectivity index (χ4n) is 6.06. The van der Waals surface area contributed by atoms with E-state index >= 15 is 0 Å². The minimum absolute atomic E-state index is 0.0881. The van der Waals surface area contributed by atoms with Gasteiger partial charge in [-0.2, -0.15) is 0 Å². The number of fused-ring (bicyclic) bond motifs is 4. The molecule has 1 heterocycles. The zero-order valence-electron chi connectivity index (χ0n) is 20.6. The lowest BCUT2D eigenvalue weighted by atomic mass is 9.76. The number of benzene rings is 1. The van der Waals surface area contributed by atoms with Crippen molar-refractivity contribution in [2.45, 2.75) is 95.7 Å². The molecule has 2 aliphatic rings. The number of hydrogen-bond donors (Lipinski definition) is 1. The number of rotatable bonds is 7. The van der Waals surface area contributed by atoms with Crippen LogP contribution in [0.1, 0.15) is 105 Å². The summed E-state index contributed by atoms with van der Waals surface area (Å²) in [7, 11) is -3.94. The summed E-state index contributed by atoms with van der Waals surface area (Å²) in [6.45, 7) is 12.2. The average Bonchev–Trinajstić information content (AvgIpc) is 3.33. The van der Waals surface area contributed by atoms with Gasteiger partial charge in [-0.3, -0.25) is 4.79 Å². The summed E-state index contributed by atoms with van der Waals surface area (Å²) in [6.07, 6.45) is 2.71. The van der Waals surface area contributed by atoms with Gasteiger partial charge in [0.05, 0.1) is 5.60 Å². The normalized spacial score (nSPS) is 24.5. The van der Waals surface area contributed by atoms with Crippen molar-refractivity contribution < 1.29 is 22.7 Å². The van der Waals surface area contributed by atoms with Crippen LogP contribution in [-0.4, -0.2) is 25.1 Å². The standard InChI is InChI=1S/C27H36O5S/c1-15(2)21-10-7-17(5)25(16(3)4)22(21)12-20(28)14-33(30,31)24-13-23-26(32-24)18-8-9-19(11-18)27(23,6)29/h7,10,13,15-16,18-19,29H,8-9,11-12,14H2,1-6H3. The topological polar surface area (TPSA) is 84.6 Å². The van der Waals surface area contributed by atoms with Crippen LogP contribution in [0.2, 0.25) is 0 Å². The highest BCUT2D eigenvalue weighted by Gasteiger charge is 2.49. The summed E-state index contributed by atoms with van der Waals surface area (Å²) in [4.78, 5) is 13.1. The van der Waals surface area contributed by atoms with Crippen molar-refractivity contribution in [2.24, 2.45) is 5.92 Å². The van der Waals surface area contributed by atoms with Gasteiger partial charge in [-0.25, -0.2) is 8.42 Å². The summed E-state index contributed by atoms with van der Waals surface area (Å²) < 4.78 is 32.2. The molecule has 3 unspecified atom stereocenters. The molecule has 33 heavy (non-hydrogen) atoms. The Hall–Kier alpha value is -1.92. The molecule has 0 aliphatic heterocycles. The second-order valence-electron chi connectivity index (χ2n) is 10.8. The molecule has 1 saturated carbocycles. The zero-order valence-corrected chi connectivity index (χ0v) is 21.4. The van der Waals surface area contributed by atoms with Gasteiger partial charge in [0.25, 0.3) is 0 Å². The third-order valence-corrected chi connectivity index (χ3v) is 9.24. The van der Waals surface area contributed by atoms with Crippen molar-refractivity contribution >= 4 is 15.6 Å². The highest BCUT2D eigenvalue weighted by Crippen LogP contribution is 2.55. The Labute approximate surface area is 197 Å². The lowest BCUT2D eigenvalue weighted by Gasteiger charge is -2.33. The first-order chi connectivity index (χ1) is 15.3. The number of Topliss-reactive ketones (excluding diaryl/α,β-unsaturated/α-hetero) is 1. The van der Waals surface area contributed by atoms with Gasteiger partial charge in [0.15, 0.2) is 5.78 Å². The van der Waals surface area contributed by atoms with Gasteiger partial charge in [-0.05, 0) is 73.1 Å². The molecule has 6 heteroatoms. The molecule has 4 rings (SSSR count). The summed E-state index contributed by atoms with van der Waals surface area (Å²) in [6, 6.07) is 5.61. The van der Waals surface area contributed by atoms with Crippen LogP contribution in [0.3, 0.4) is 0 Å². The fourth-order valence-corrected chi connectivity index (χ4v) is 7.24. The maximum atomic E-state index is 13.2. The van der Waals surface area contributed by atoms with Crippen LogP contribution >= 0.6 is 0 Å². The number of aliphatic hydroxyl groups is 1. The summed E-state index contributed by atoms with van der Waals surface area (Å²) in [5.41, 5.74) is 3.79. The van der Waals surface area contributed by atoms with Crippen molar-refractivity contribution in [3.8, 4) is 0 Å². The lowest BCUT2D eigenvalue weighted by molar-refractivity contribution is -0.116. The average molecular weight is 473 g/mol. The SMILES string of the molecule is Cc1ccc(C(C)C)c(CC(=O)CS(=O)(=O)c2cc3c(o2)C2CCC(C2)C3(C)O)c1C(C)C. The number of sulfone groups is 1. The van der Waals surface area contributed by atoms with E-state index in [-0.39, 0.29) is 41.0 Å². The van der Waals surface area contributed by atoms with Crippen LogP contribution in [0.4, 0.5) is 0 Å². The van der Waals surface area contributed by atoms with E-state index in [1.54, 1.807) is 6.92 Å². The number of aryl methyl sites for hydroxylation is 1. The van der Waals surface area contributed by atoms with Gasteiger partial charge in [0, 0.05) is 24.0 Å². The number of ketones is 1. The molecule has 2 bridgehead atoms. The first-order valence-corrected chi connectivity index (χ1v) is 13.7. The molecule has 0 amide bonds. The summed E-state index contributed by atoms with van der Waals surface area (Å²) >= 11 is 0. The molecule has 1 fully saturated rings. The van der Waals surface area contributed by atoms with Gasteiger partial charge in [0.1, 0.15) is 11.5 Å². The molecule has 2 aromatic rings. The van der Waals surface area contributed by atoms with E-state index in [9.17, 15) is 18.3 Å². The minimum Gasteiger partial charge on any atom is -0.449 e. The molecule has 3 atom stereocenters. The predicted octanol–water partition coefficient (Wildman–Crippen LogP) is 5.53. The molecule has 2 aliphatic carbocycles. The Kier molecular flexibility index (Phi) is 6.15. The fraction of sp³-hybridized carbons (Fsp3) is 0.593. The largest absolute Gasteiger partial charge is 0.449 e. The first-order valence-electron chi connectivity index (χ1n) is 12.1. The molecule has 5 nitrogen and oxygen atoms in total. The van der Waals surface area contributed by atoms with E-state index in [1.165, 1.54) is 6.07 Å². The molecule has 1 aromatic carbocycles. The summed E-state index contributed by atoms with van der Waals surface area (Å²) in [5, 5.41) is 10.8.